The number of aliphatic hydroxyl groups is 1. The fourth-order valence-electron chi connectivity index (χ4n) is 4.76. The van der Waals surface area contributed by atoms with Crippen LogP contribution in [0.1, 0.15) is 35.2 Å². The summed E-state index contributed by atoms with van der Waals surface area (Å²) in [5.74, 6) is 0.883. The predicted octanol–water partition coefficient (Wildman–Crippen LogP) is 2.19. The van der Waals surface area contributed by atoms with E-state index in [4.69, 9.17) is 11.6 Å². The zero-order valence-corrected chi connectivity index (χ0v) is 17.6. The van der Waals surface area contributed by atoms with Crippen LogP contribution in [0.2, 0.25) is 5.02 Å². The van der Waals surface area contributed by atoms with E-state index in [1.165, 1.54) is 4.68 Å². The number of hydrogen-bond donors (Lipinski definition) is 2. The Hall–Kier alpha value is -1.93. The van der Waals surface area contributed by atoms with Crippen LogP contribution in [-0.4, -0.2) is 63.8 Å². The molecular weight excluding hydrogens is 390 g/mol. The van der Waals surface area contributed by atoms with E-state index < -0.39 is 6.35 Å². The van der Waals surface area contributed by atoms with Gasteiger partial charge in [0.1, 0.15) is 5.69 Å². The average Bonchev–Trinajstić information content (AvgIpc) is 3.43. The van der Waals surface area contributed by atoms with Gasteiger partial charge in [-0.05, 0) is 49.4 Å². The van der Waals surface area contributed by atoms with Crippen molar-refractivity contribution in [2.45, 2.75) is 31.8 Å². The summed E-state index contributed by atoms with van der Waals surface area (Å²) in [4.78, 5) is 16.1. The van der Waals surface area contributed by atoms with Gasteiger partial charge in [0.05, 0.1) is 0 Å². The highest BCUT2D eigenvalue weighted by molar-refractivity contribution is 6.31. The highest BCUT2D eigenvalue weighted by atomic mass is 35.5. The van der Waals surface area contributed by atoms with Crippen molar-refractivity contribution in [1.29, 1.82) is 0 Å². The number of benzene rings is 1. The first kappa shape index (κ1) is 20.3. The molecule has 1 aromatic carbocycles. The Morgan fingerprint density at radius 2 is 2.00 bits per heavy atom. The number of likely N-dealkylation sites (tertiary alicyclic amines) is 1. The van der Waals surface area contributed by atoms with Crippen LogP contribution >= 0.6 is 11.6 Å². The number of hydrogen-bond acceptors (Lipinski definition) is 5. The number of nitrogens with zero attached hydrogens (tertiary/aromatic N) is 4. The molecule has 2 fully saturated rings. The summed E-state index contributed by atoms with van der Waals surface area (Å²) in [5, 5.41) is 18.3. The number of carbonyl (C=O) groups is 1. The SMILES string of the molecule is CNC(=O)c1ccn(C(O)N2C[C@H]3C[C@H](N(C)Cc4ccccc4Cl)C[C@H]3C2)n1. The fourth-order valence-corrected chi connectivity index (χ4v) is 4.96. The summed E-state index contributed by atoms with van der Waals surface area (Å²) in [5.41, 5.74) is 1.48. The van der Waals surface area contributed by atoms with Crippen LogP contribution in [0.3, 0.4) is 0 Å². The maximum Gasteiger partial charge on any atom is 0.271 e. The van der Waals surface area contributed by atoms with E-state index >= 15 is 0 Å². The van der Waals surface area contributed by atoms with Crippen molar-refractivity contribution in [2.24, 2.45) is 11.8 Å². The molecule has 2 heterocycles. The largest absolute Gasteiger partial charge is 0.359 e. The fraction of sp³-hybridized carbons (Fsp3) is 0.524. The number of halogens is 1. The standard InChI is InChI=1S/C21H28ClN5O2/c1-23-20(28)19-7-8-27(24-19)21(29)26-12-15-9-17(10-16(15)13-26)25(2)11-14-5-3-4-6-18(14)22/h3-8,15-17,21,29H,9-13H2,1-2H3,(H,23,28)/t15-,16+,17+,21?. The van der Waals surface area contributed by atoms with Gasteiger partial charge in [0.15, 0.2) is 0 Å². The van der Waals surface area contributed by atoms with Gasteiger partial charge in [-0.3, -0.25) is 14.6 Å². The Morgan fingerprint density at radius 1 is 1.31 bits per heavy atom. The average molecular weight is 418 g/mol. The molecule has 2 aromatic rings. The third-order valence-corrected chi connectivity index (χ3v) is 6.76. The molecule has 0 spiro atoms. The molecule has 156 valence electrons. The van der Waals surface area contributed by atoms with Gasteiger partial charge >= 0.3 is 0 Å². The van der Waals surface area contributed by atoms with Gasteiger partial charge in [0.25, 0.3) is 5.91 Å². The first-order chi connectivity index (χ1) is 14.0. The van der Waals surface area contributed by atoms with Gasteiger partial charge in [-0.1, -0.05) is 29.8 Å². The van der Waals surface area contributed by atoms with Gasteiger partial charge < -0.3 is 10.4 Å². The minimum absolute atomic E-state index is 0.251. The van der Waals surface area contributed by atoms with Gasteiger partial charge in [0, 0.05) is 43.9 Å². The Morgan fingerprint density at radius 3 is 2.66 bits per heavy atom. The third kappa shape index (κ3) is 4.19. The second-order valence-electron chi connectivity index (χ2n) is 8.21. The summed E-state index contributed by atoms with van der Waals surface area (Å²) in [6.07, 6.45) is 3.07. The smallest absolute Gasteiger partial charge is 0.271 e. The molecule has 0 bridgehead atoms. The first-order valence-corrected chi connectivity index (χ1v) is 10.5. The molecule has 1 aromatic heterocycles. The molecule has 1 aliphatic carbocycles. The highest BCUT2D eigenvalue weighted by Gasteiger charge is 2.44. The zero-order valence-electron chi connectivity index (χ0n) is 16.8. The van der Waals surface area contributed by atoms with E-state index in [1.54, 1.807) is 19.3 Å². The van der Waals surface area contributed by atoms with Crippen LogP contribution in [-0.2, 0) is 6.54 Å². The van der Waals surface area contributed by atoms with Gasteiger partial charge in [-0.15, -0.1) is 0 Å². The van der Waals surface area contributed by atoms with Crippen LogP contribution in [0.15, 0.2) is 36.5 Å². The minimum atomic E-state index is -0.835. The predicted molar refractivity (Wildman–Crippen MR) is 111 cm³/mol. The maximum atomic E-state index is 11.7. The molecular formula is C21H28ClN5O2. The van der Waals surface area contributed by atoms with Crippen molar-refractivity contribution in [2.75, 3.05) is 27.2 Å². The minimum Gasteiger partial charge on any atom is -0.359 e. The van der Waals surface area contributed by atoms with Crippen molar-refractivity contribution in [1.82, 2.24) is 24.9 Å². The Kier molecular flexibility index (Phi) is 5.92. The van der Waals surface area contributed by atoms with E-state index in [1.807, 2.05) is 18.2 Å². The van der Waals surface area contributed by atoms with Crippen LogP contribution in [0.4, 0.5) is 0 Å². The lowest BCUT2D eigenvalue weighted by Gasteiger charge is -2.28. The summed E-state index contributed by atoms with van der Waals surface area (Å²) in [6, 6.07) is 10.2. The Labute approximate surface area is 176 Å². The lowest BCUT2D eigenvalue weighted by Crippen LogP contribution is -2.35. The number of amides is 1. The second-order valence-corrected chi connectivity index (χ2v) is 8.62. The lowest BCUT2D eigenvalue weighted by atomic mass is 10.0. The zero-order chi connectivity index (χ0) is 20.5. The molecule has 2 N–H and O–H groups in total. The number of rotatable bonds is 6. The highest BCUT2D eigenvalue weighted by Crippen LogP contribution is 2.41. The van der Waals surface area contributed by atoms with Crippen molar-refractivity contribution in [3.05, 3.63) is 52.8 Å². The third-order valence-electron chi connectivity index (χ3n) is 6.39. The van der Waals surface area contributed by atoms with Gasteiger partial charge in [-0.2, -0.15) is 5.10 Å². The first-order valence-electron chi connectivity index (χ1n) is 10.1. The normalized spacial score (nSPS) is 25.3. The number of carbonyl (C=O) groups excluding carboxylic acids is 1. The van der Waals surface area contributed by atoms with E-state index in [-0.39, 0.29) is 5.91 Å². The van der Waals surface area contributed by atoms with Crippen molar-refractivity contribution >= 4 is 17.5 Å². The molecule has 4 atom stereocenters. The maximum absolute atomic E-state index is 11.7. The van der Waals surface area contributed by atoms with E-state index in [9.17, 15) is 9.90 Å². The molecule has 8 heteroatoms. The van der Waals surface area contributed by atoms with Gasteiger partial charge in [-0.25, -0.2) is 4.68 Å². The molecule has 7 nitrogen and oxygen atoms in total. The van der Waals surface area contributed by atoms with E-state index in [2.05, 4.69) is 33.3 Å². The lowest BCUT2D eigenvalue weighted by molar-refractivity contribution is -0.0554. The van der Waals surface area contributed by atoms with Crippen molar-refractivity contribution in [3.8, 4) is 0 Å². The van der Waals surface area contributed by atoms with Crippen LogP contribution in [0, 0.1) is 11.8 Å². The summed E-state index contributed by atoms with van der Waals surface area (Å²) < 4.78 is 1.46. The summed E-state index contributed by atoms with van der Waals surface area (Å²) in [6.45, 7) is 2.54. The topological polar surface area (TPSA) is 73.6 Å². The van der Waals surface area contributed by atoms with Crippen molar-refractivity contribution < 1.29 is 9.90 Å². The molecule has 1 unspecified atom stereocenters. The molecule has 1 aliphatic heterocycles. The van der Waals surface area contributed by atoms with Crippen LogP contribution in [0.5, 0.6) is 0 Å². The number of aromatic nitrogens is 2. The molecule has 0 radical (unpaired) electrons. The van der Waals surface area contributed by atoms with Crippen molar-refractivity contribution in [3.63, 3.8) is 0 Å². The second kappa shape index (κ2) is 8.44. The van der Waals surface area contributed by atoms with Crippen LogP contribution in [0.25, 0.3) is 0 Å². The molecule has 1 amide bonds. The van der Waals surface area contributed by atoms with E-state index in [0.29, 0.717) is 23.6 Å². The Bertz CT molecular complexity index is 858. The monoisotopic (exact) mass is 417 g/mol. The summed E-state index contributed by atoms with van der Waals surface area (Å²) >= 11 is 6.32. The van der Waals surface area contributed by atoms with Gasteiger partial charge in [0.2, 0.25) is 6.35 Å². The molecule has 2 aliphatic rings. The Balaban J connectivity index is 1.33. The number of fused-ring (bicyclic) bond motifs is 1. The van der Waals surface area contributed by atoms with Crippen LogP contribution < -0.4 is 5.32 Å². The number of nitrogens with one attached hydrogen (secondary N) is 1. The quantitative estimate of drug-likeness (QED) is 0.753. The van der Waals surface area contributed by atoms with E-state index in [0.717, 1.165) is 43.1 Å². The molecule has 4 rings (SSSR count). The molecule has 1 saturated carbocycles. The molecule has 1 saturated heterocycles. The molecule has 29 heavy (non-hydrogen) atoms. The summed E-state index contributed by atoms with van der Waals surface area (Å²) in [7, 11) is 3.74. The number of aliphatic hydroxyl groups excluding tert-OH is 1.